The fourth-order valence-corrected chi connectivity index (χ4v) is 1.70. The van der Waals surface area contributed by atoms with Gasteiger partial charge in [0.05, 0.1) is 12.5 Å². The summed E-state index contributed by atoms with van der Waals surface area (Å²) in [5.74, 6) is 0. The first-order valence-electron chi connectivity index (χ1n) is 5.68. The molecule has 6 nitrogen and oxygen atoms in total. The molecule has 0 aromatic carbocycles. The Bertz CT molecular complexity index is 571. The molecule has 0 saturated heterocycles. The Labute approximate surface area is 99.3 Å². The number of aromatic nitrogens is 4. The van der Waals surface area contributed by atoms with Crippen molar-refractivity contribution in [2.75, 3.05) is 7.05 Å². The van der Waals surface area contributed by atoms with Gasteiger partial charge >= 0.3 is 0 Å². The molecule has 2 rings (SSSR count). The van der Waals surface area contributed by atoms with E-state index in [1.807, 2.05) is 7.05 Å². The van der Waals surface area contributed by atoms with E-state index in [-0.39, 0.29) is 5.56 Å². The van der Waals surface area contributed by atoms with Crippen LogP contribution in [0, 0.1) is 0 Å². The van der Waals surface area contributed by atoms with E-state index in [4.69, 9.17) is 0 Å². The van der Waals surface area contributed by atoms with Crippen LogP contribution in [0.5, 0.6) is 0 Å². The Hall–Kier alpha value is -1.69. The lowest BCUT2D eigenvalue weighted by Crippen LogP contribution is -2.27. The Morgan fingerprint density at radius 2 is 2.29 bits per heavy atom. The Morgan fingerprint density at radius 1 is 1.53 bits per heavy atom. The fourth-order valence-electron chi connectivity index (χ4n) is 1.70. The van der Waals surface area contributed by atoms with Gasteiger partial charge in [0.15, 0.2) is 5.65 Å². The third-order valence-electron chi connectivity index (χ3n) is 3.01. The summed E-state index contributed by atoms with van der Waals surface area (Å²) >= 11 is 0. The summed E-state index contributed by atoms with van der Waals surface area (Å²) in [6.07, 6.45) is 4.06. The lowest BCUT2D eigenvalue weighted by Gasteiger charge is -2.10. The molecule has 0 aliphatic rings. The third-order valence-corrected chi connectivity index (χ3v) is 3.01. The summed E-state index contributed by atoms with van der Waals surface area (Å²) in [7, 11) is 3.69. The van der Waals surface area contributed by atoms with Gasteiger partial charge in [-0.3, -0.25) is 14.0 Å². The first kappa shape index (κ1) is 11.8. The van der Waals surface area contributed by atoms with Gasteiger partial charge in [0.1, 0.15) is 5.39 Å². The molecule has 0 radical (unpaired) electrons. The van der Waals surface area contributed by atoms with Gasteiger partial charge in [-0.15, -0.1) is 0 Å². The molecule has 6 heteroatoms. The molecule has 1 N–H and O–H groups in total. The molecular weight excluding hydrogens is 218 g/mol. The maximum Gasteiger partial charge on any atom is 0.264 e. The lowest BCUT2D eigenvalue weighted by molar-refractivity contribution is 0.501. The number of fused-ring (bicyclic) bond motifs is 1. The molecule has 0 saturated carbocycles. The Balaban J connectivity index is 2.30. The van der Waals surface area contributed by atoms with Crippen LogP contribution in [0.2, 0.25) is 0 Å². The Morgan fingerprint density at radius 3 is 3.00 bits per heavy atom. The van der Waals surface area contributed by atoms with E-state index in [1.54, 1.807) is 28.8 Å². The number of nitrogens with one attached hydrogen (secondary N) is 1. The van der Waals surface area contributed by atoms with Crippen LogP contribution >= 0.6 is 0 Å². The summed E-state index contributed by atoms with van der Waals surface area (Å²) in [5.41, 5.74) is 0.610. The number of hydrogen-bond acceptors (Lipinski definition) is 4. The van der Waals surface area contributed by atoms with E-state index < -0.39 is 0 Å². The lowest BCUT2D eigenvalue weighted by atomic mass is 10.2. The van der Waals surface area contributed by atoms with E-state index in [2.05, 4.69) is 22.3 Å². The van der Waals surface area contributed by atoms with Crippen LogP contribution in [0.15, 0.2) is 17.3 Å². The molecule has 0 fully saturated rings. The zero-order valence-corrected chi connectivity index (χ0v) is 10.3. The van der Waals surface area contributed by atoms with Crippen LogP contribution in [0.3, 0.4) is 0 Å². The van der Waals surface area contributed by atoms with Crippen LogP contribution in [-0.2, 0) is 13.6 Å². The summed E-state index contributed by atoms with van der Waals surface area (Å²) in [6, 6.07) is 0.381. The van der Waals surface area contributed by atoms with Crippen LogP contribution in [-0.4, -0.2) is 32.4 Å². The highest BCUT2D eigenvalue weighted by Gasteiger charge is 2.08. The molecule has 0 amide bonds. The van der Waals surface area contributed by atoms with Crippen molar-refractivity contribution < 1.29 is 0 Å². The van der Waals surface area contributed by atoms with Gasteiger partial charge in [-0.25, -0.2) is 4.98 Å². The Kier molecular flexibility index (Phi) is 3.23. The number of nitrogens with zero attached hydrogens (tertiary/aromatic N) is 4. The van der Waals surface area contributed by atoms with Crippen molar-refractivity contribution >= 4 is 11.0 Å². The van der Waals surface area contributed by atoms with E-state index in [1.165, 1.54) is 0 Å². The van der Waals surface area contributed by atoms with Gasteiger partial charge in [0, 0.05) is 19.6 Å². The monoisotopic (exact) mass is 235 g/mol. The standard InChI is InChI=1S/C11H17N5O/c1-8(12-2)4-5-16-7-13-10-9(11(16)17)6-14-15(10)3/h6-8,12H,4-5H2,1-3H3. The summed E-state index contributed by atoms with van der Waals surface area (Å²) in [6.45, 7) is 2.75. The molecule has 0 aliphatic heterocycles. The second-order valence-corrected chi connectivity index (χ2v) is 4.23. The first-order chi connectivity index (χ1) is 8.13. The van der Waals surface area contributed by atoms with E-state index in [0.717, 1.165) is 6.42 Å². The van der Waals surface area contributed by atoms with E-state index in [0.29, 0.717) is 23.6 Å². The quantitative estimate of drug-likeness (QED) is 0.818. The molecular formula is C11H17N5O. The molecule has 2 aromatic heterocycles. The molecule has 1 atom stereocenters. The number of rotatable bonds is 4. The normalized spacial score (nSPS) is 13.1. The minimum atomic E-state index is -0.0218. The zero-order valence-electron chi connectivity index (χ0n) is 10.3. The zero-order chi connectivity index (χ0) is 12.4. The largest absolute Gasteiger partial charge is 0.317 e. The highest BCUT2D eigenvalue weighted by Crippen LogP contribution is 2.03. The van der Waals surface area contributed by atoms with Crippen molar-refractivity contribution in [1.29, 1.82) is 0 Å². The number of aryl methyl sites for hydroxylation is 2. The van der Waals surface area contributed by atoms with E-state index in [9.17, 15) is 4.79 Å². The topological polar surface area (TPSA) is 64.7 Å². The van der Waals surface area contributed by atoms with Gasteiger partial charge in [0.25, 0.3) is 5.56 Å². The minimum absolute atomic E-state index is 0.0218. The van der Waals surface area contributed by atoms with Crippen molar-refractivity contribution in [1.82, 2.24) is 24.6 Å². The van der Waals surface area contributed by atoms with Crippen molar-refractivity contribution in [2.45, 2.75) is 25.9 Å². The molecule has 0 spiro atoms. The maximum absolute atomic E-state index is 12.1. The van der Waals surface area contributed by atoms with Crippen molar-refractivity contribution in [3.05, 3.63) is 22.9 Å². The van der Waals surface area contributed by atoms with Gasteiger partial charge in [-0.05, 0) is 20.4 Å². The predicted molar refractivity (Wildman–Crippen MR) is 65.9 cm³/mol. The third kappa shape index (κ3) is 2.21. The van der Waals surface area contributed by atoms with Gasteiger partial charge in [-0.2, -0.15) is 5.10 Å². The fraction of sp³-hybridized carbons (Fsp3) is 0.545. The average molecular weight is 235 g/mol. The van der Waals surface area contributed by atoms with Crippen LogP contribution in [0.1, 0.15) is 13.3 Å². The molecule has 0 aliphatic carbocycles. The van der Waals surface area contributed by atoms with Crippen molar-refractivity contribution in [3.63, 3.8) is 0 Å². The van der Waals surface area contributed by atoms with Crippen LogP contribution < -0.4 is 10.9 Å². The van der Waals surface area contributed by atoms with Gasteiger partial charge < -0.3 is 5.32 Å². The molecule has 1 unspecified atom stereocenters. The molecule has 2 aromatic rings. The molecule has 92 valence electrons. The maximum atomic E-state index is 12.1. The van der Waals surface area contributed by atoms with Gasteiger partial charge in [0.2, 0.25) is 0 Å². The average Bonchev–Trinajstić information content (AvgIpc) is 2.71. The molecule has 17 heavy (non-hydrogen) atoms. The first-order valence-corrected chi connectivity index (χ1v) is 5.68. The molecule has 2 heterocycles. The number of hydrogen-bond donors (Lipinski definition) is 1. The van der Waals surface area contributed by atoms with Crippen LogP contribution in [0.25, 0.3) is 11.0 Å². The molecule has 0 bridgehead atoms. The second kappa shape index (κ2) is 4.67. The second-order valence-electron chi connectivity index (χ2n) is 4.23. The van der Waals surface area contributed by atoms with Crippen molar-refractivity contribution in [2.24, 2.45) is 7.05 Å². The highest BCUT2D eigenvalue weighted by atomic mass is 16.1. The van der Waals surface area contributed by atoms with Crippen LogP contribution in [0.4, 0.5) is 0 Å². The summed E-state index contributed by atoms with van der Waals surface area (Å²) in [5, 5.41) is 7.76. The van der Waals surface area contributed by atoms with E-state index >= 15 is 0 Å². The SMILES string of the molecule is CNC(C)CCn1cnc2c(cnn2C)c1=O. The summed E-state index contributed by atoms with van der Waals surface area (Å²) in [4.78, 5) is 16.3. The summed E-state index contributed by atoms with van der Waals surface area (Å²) < 4.78 is 3.25. The van der Waals surface area contributed by atoms with Gasteiger partial charge in [-0.1, -0.05) is 0 Å². The van der Waals surface area contributed by atoms with Crippen molar-refractivity contribution in [3.8, 4) is 0 Å². The highest BCUT2D eigenvalue weighted by molar-refractivity contribution is 5.72. The smallest absolute Gasteiger partial charge is 0.264 e. The predicted octanol–water partition coefficient (Wildman–Crippen LogP) is 0.128. The minimum Gasteiger partial charge on any atom is -0.317 e.